The van der Waals surface area contributed by atoms with Crippen molar-refractivity contribution in [2.24, 2.45) is 0 Å². The number of rotatable bonds is 2. The van der Waals surface area contributed by atoms with Crippen LogP contribution in [-0.4, -0.2) is 72.9 Å². The first-order valence-electron chi connectivity index (χ1n) is 6.20. The summed E-state index contributed by atoms with van der Waals surface area (Å²) in [7, 11) is 0. The number of phenolic OH excluding ortho intramolecular Hbond substituents is 1. The van der Waals surface area contributed by atoms with Crippen molar-refractivity contribution in [3.8, 4) is 5.75 Å². The Labute approximate surface area is 124 Å². The number of aliphatic hydroxyl groups is 5. The summed E-state index contributed by atoms with van der Waals surface area (Å²) >= 11 is 0. The summed E-state index contributed by atoms with van der Waals surface area (Å²) in [6.07, 6.45) is -7.04. The molecule has 1 aliphatic rings. The Bertz CT molecular complexity index is 492. The number of hydrogen-bond acceptors (Lipinski definition) is 9. The third-order valence-corrected chi connectivity index (χ3v) is 2.95. The van der Waals surface area contributed by atoms with Crippen LogP contribution in [-0.2, 0) is 4.74 Å². The van der Waals surface area contributed by atoms with Gasteiger partial charge >= 0.3 is 5.69 Å². The van der Waals surface area contributed by atoms with Gasteiger partial charge in [-0.3, -0.25) is 10.1 Å². The van der Waals surface area contributed by atoms with Crippen LogP contribution < -0.4 is 0 Å². The smallest absolute Gasteiger partial charge is 0.310 e. The number of aliphatic hydroxyl groups excluding tert-OH is 5. The van der Waals surface area contributed by atoms with Crippen molar-refractivity contribution in [3.63, 3.8) is 0 Å². The van der Waals surface area contributed by atoms with Gasteiger partial charge in [-0.05, 0) is 6.07 Å². The Balaban J connectivity index is 0.000000224. The number of ether oxygens (including phenoxy) is 1. The highest BCUT2D eigenvalue weighted by Crippen LogP contribution is 2.23. The van der Waals surface area contributed by atoms with Crippen LogP contribution in [0.4, 0.5) is 5.69 Å². The zero-order valence-corrected chi connectivity index (χ0v) is 11.3. The van der Waals surface area contributed by atoms with Gasteiger partial charge in [-0.15, -0.1) is 0 Å². The maximum Gasteiger partial charge on any atom is 0.310 e. The minimum Gasteiger partial charge on any atom is -0.502 e. The lowest BCUT2D eigenvalue weighted by molar-refractivity contribution is -0.385. The Morgan fingerprint density at radius 3 is 2.14 bits per heavy atom. The fraction of sp³-hybridized carbons (Fsp3) is 0.500. The predicted octanol–water partition coefficient (Wildman–Crippen LogP) is -1.92. The van der Waals surface area contributed by atoms with Crippen LogP contribution in [0.2, 0.25) is 0 Å². The van der Waals surface area contributed by atoms with Gasteiger partial charge in [-0.1, -0.05) is 12.1 Å². The van der Waals surface area contributed by atoms with Crippen molar-refractivity contribution in [1.29, 1.82) is 0 Å². The number of phenols is 1. The van der Waals surface area contributed by atoms with Crippen LogP contribution in [0.3, 0.4) is 0 Å². The van der Waals surface area contributed by atoms with Crippen LogP contribution in [0, 0.1) is 10.1 Å². The Hall–Kier alpha value is -1.82. The Morgan fingerprint density at radius 2 is 1.68 bits per heavy atom. The summed E-state index contributed by atoms with van der Waals surface area (Å²) in [5.41, 5.74) is -0.262. The average molecular weight is 319 g/mol. The highest BCUT2D eigenvalue weighted by molar-refractivity contribution is 5.44. The van der Waals surface area contributed by atoms with Crippen molar-refractivity contribution in [3.05, 3.63) is 34.4 Å². The van der Waals surface area contributed by atoms with Crippen molar-refractivity contribution in [1.82, 2.24) is 0 Å². The average Bonchev–Trinajstić information content (AvgIpc) is 2.49. The van der Waals surface area contributed by atoms with Crippen LogP contribution in [0.5, 0.6) is 5.75 Å². The lowest BCUT2D eigenvalue weighted by Crippen LogP contribution is -2.58. The van der Waals surface area contributed by atoms with Gasteiger partial charge in [0.15, 0.2) is 12.0 Å². The van der Waals surface area contributed by atoms with Crippen molar-refractivity contribution in [2.75, 3.05) is 6.61 Å². The van der Waals surface area contributed by atoms with E-state index in [1.165, 1.54) is 24.3 Å². The van der Waals surface area contributed by atoms with Crippen LogP contribution in [0.15, 0.2) is 24.3 Å². The zero-order valence-electron chi connectivity index (χ0n) is 11.3. The second-order valence-electron chi connectivity index (χ2n) is 4.47. The second-order valence-corrected chi connectivity index (χ2v) is 4.47. The minimum atomic E-state index is -1.57. The molecule has 1 fully saturated rings. The number of nitro benzene ring substituents is 1. The first-order chi connectivity index (χ1) is 10.3. The molecule has 5 atom stereocenters. The SMILES string of the molecule is O=[N+]([O-])c1ccccc1O.OC[C@H]1OC(O)[C@H](O)[C@@H](O)[C@H]1O. The van der Waals surface area contributed by atoms with Crippen LogP contribution in [0.1, 0.15) is 0 Å². The molecule has 1 aromatic rings. The summed E-state index contributed by atoms with van der Waals surface area (Å²) in [6.45, 7) is -0.526. The third-order valence-electron chi connectivity index (χ3n) is 2.95. The molecule has 10 heteroatoms. The molecule has 0 aliphatic carbocycles. The van der Waals surface area contributed by atoms with E-state index < -0.39 is 42.2 Å². The molecule has 124 valence electrons. The number of nitrogens with zero attached hydrogens (tertiary/aromatic N) is 1. The summed E-state index contributed by atoms with van der Waals surface area (Å²) in [5, 5.41) is 63.6. The zero-order chi connectivity index (χ0) is 16.9. The molecule has 1 heterocycles. The van der Waals surface area contributed by atoms with Crippen LogP contribution in [0.25, 0.3) is 0 Å². The maximum absolute atomic E-state index is 10.1. The standard InChI is InChI=1S/C6H5NO3.C6H12O6/c8-6-4-2-1-3-5(6)7(9)10;7-1-2-3(8)4(9)5(10)6(11)12-2/h1-4,8H;2-11H,1H2/t;2-,3+,4+,5-,6?/m.1/s1. The molecule has 2 rings (SSSR count). The lowest BCUT2D eigenvalue weighted by atomic mass is 10.00. The molecular formula is C12H17NO9. The molecule has 0 aromatic heterocycles. The highest BCUT2D eigenvalue weighted by atomic mass is 16.6. The van der Waals surface area contributed by atoms with Gasteiger partial charge in [0.2, 0.25) is 0 Å². The number of para-hydroxylation sites is 2. The first-order valence-corrected chi connectivity index (χ1v) is 6.20. The van der Waals surface area contributed by atoms with Gasteiger partial charge in [-0.2, -0.15) is 0 Å². The minimum absolute atomic E-state index is 0.262. The van der Waals surface area contributed by atoms with Gasteiger partial charge in [0, 0.05) is 6.07 Å². The largest absolute Gasteiger partial charge is 0.502 e. The Morgan fingerprint density at radius 1 is 1.09 bits per heavy atom. The monoisotopic (exact) mass is 319 g/mol. The van der Waals surface area contributed by atoms with E-state index in [2.05, 4.69) is 4.74 Å². The van der Waals surface area contributed by atoms with Gasteiger partial charge in [0.25, 0.3) is 0 Å². The number of hydrogen-bond donors (Lipinski definition) is 6. The van der Waals surface area contributed by atoms with Gasteiger partial charge < -0.3 is 35.4 Å². The molecule has 0 bridgehead atoms. The van der Waals surface area contributed by atoms with E-state index >= 15 is 0 Å². The number of benzene rings is 1. The molecular weight excluding hydrogens is 302 g/mol. The van der Waals surface area contributed by atoms with Crippen molar-refractivity contribution < 1.29 is 40.3 Å². The van der Waals surface area contributed by atoms with Gasteiger partial charge in [0.05, 0.1) is 11.5 Å². The third kappa shape index (κ3) is 4.34. The van der Waals surface area contributed by atoms with Gasteiger partial charge in [0.1, 0.15) is 24.4 Å². The molecule has 1 unspecified atom stereocenters. The normalized spacial score (nSPS) is 31.0. The molecule has 0 amide bonds. The highest BCUT2D eigenvalue weighted by Gasteiger charge is 2.42. The van der Waals surface area contributed by atoms with Crippen LogP contribution >= 0.6 is 0 Å². The molecule has 22 heavy (non-hydrogen) atoms. The van der Waals surface area contributed by atoms with E-state index in [0.717, 1.165) is 0 Å². The molecule has 1 aromatic carbocycles. The van der Waals surface area contributed by atoms with E-state index in [0.29, 0.717) is 0 Å². The van der Waals surface area contributed by atoms with Crippen molar-refractivity contribution >= 4 is 5.69 Å². The quantitative estimate of drug-likeness (QED) is 0.268. The summed E-state index contributed by atoms with van der Waals surface area (Å²) < 4.78 is 4.58. The molecule has 6 N–H and O–H groups in total. The molecule has 1 aliphatic heterocycles. The lowest BCUT2D eigenvalue weighted by Gasteiger charge is -2.37. The Kier molecular flexibility index (Phi) is 6.61. The van der Waals surface area contributed by atoms with E-state index in [1.807, 2.05) is 0 Å². The summed E-state index contributed by atoms with van der Waals surface area (Å²) in [4.78, 5) is 9.44. The summed E-state index contributed by atoms with van der Waals surface area (Å²) in [5.74, 6) is -0.299. The fourth-order valence-corrected chi connectivity index (χ4v) is 1.70. The maximum atomic E-state index is 10.1. The molecule has 10 nitrogen and oxygen atoms in total. The second kappa shape index (κ2) is 7.98. The number of aromatic hydroxyl groups is 1. The van der Waals surface area contributed by atoms with E-state index in [1.54, 1.807) is 0 Å². The first kappa shape index (κ1) is 18.2. The summed E-state index contributed by atoms with van der Waals surface area (Å²) in [6, 6.07) is 5.55. The van der Waals surface area contributed by atoms with E-state index in [-0.39, 0.29) is 11.4 Å². The predicted molar refractivity (Wildman–Crippen MR) is 70.7 cm³/mol. The molecule has 0 saturated carbocycles. The van der Waals surface area contributed by atoms with E-state index in [4.69, 9.17) is 30.6 Å². The topological polar surface area (TPSA) is 174 Å². The van der Waals surface area contributed by atoms with Gasteiger partial charge in [-0.25, -0.2) is 0 Å². The van der Waals surface area contributed by atoms with E-state index in [9.17, 15) is 10.1 Å². The molecule has 0 spiro atoms. The molecule has 0 radical (unpaired) electrons. The van der Waals surface area contributed by atoms with Crippen molar-refractivity contribution in [2.45, 2.75) is 30.7 Å². The number of nitro groups is 1. The molecule has 1 saturated heterocycles. The fourth-order valence-electron chi connectivity index (χ4n) is 1.70.